The first kappa shape index (κ1) is 19.4. The van der Waals surface area contributed by atoms with E-state index < -0.39 is 0 Å². The molecular formula is C19H30N4O2. The Kier molecular flexibility index (Phi) is 7.88. The zero-order valence-electron chi connectivity index (χ0n) is 14.9. The summed E-state index contributed by atoms with van der Waals surface area (Å²) in [7, 11) is 0. The van der Waals surface area contributed by atoms with Gasteiger partial charge in [-0.1, -0.05) is 25.0 Å². The number of amides is 2. The first-order valence-corrected chi connectivity index (χ1v) is 9.22. The molecule has 138 valence electrons. The maximum atomic E-state index is 12.0. The Labute approximate surface area is 149 Å². The summed E-state index contributed by atoms with van der Waals surface area (Å²) in [5.41, 5.74) is 12.8. The van der Waals surface area contributed by atoms with E-state index in [1.165, 1.54) is 0 Å². The van der Waals surface area contributed by atoms with Crippen molar-refractivity contribution in [3.05, 3.63) is 29.8 Å². The average molecular weight is 346 g/mol. The first-order chi connectivity index (χ1) is 12.1. The standard InChI is InChI=1S/C19H30N4O2/c20-11-4-2-1-3-10-18(24)22-16-8-5-7-15(13-16)14-23-12-6-9-17(23)19(21)25/h5,7-8,13,17H,1-4,6,9-12,14,20H2,(H2,21,25)(H,22,24). The van der Waals surface area contributed by atoms with Gasteiger partial charge in [0, 0.05) is 18.7 Å². The van der Waals surface area contributed by atoms with Crippen molar-refractivity contribution in [2.75, 3.05) is 18.4 Å². The van der Waals surface area contributed by atoms with Crippen molar-refractivity contribution in [1.82, 2.24) is 4.90 Å². The second-order valence-corrected chi connectivity index (χ2v) is 6.73. The lowest BCUT2D eigenvalue weighted by Crippen LogP contribution is -2.39. The van der Waals surface area contributed by atoms with E-state index in [4.69, 9.17) is 11.5 Å². The van der Waals surface area contributed by atoms with Gasteiger partial charge in [0.2, 0.25) is 11.8 Å². The Morgan fingerprint density at radius 3 is 2.76 bits per heavy atom. The molecule has 25 heavy (non-hydrogen) atoms. The van der Waals surface area contributed by atoms with Crippen LogP contribution in [0.25, 0.3) is 0 Å². The molecule has 0 saturated carbocycles. The van der Waals surface area contributed by atoms with Crippen molar-refractivity contribution in [1.29, 1.82) is 0 Å². The lowest BCUT2D eigenvalue weighted by atomic mass is 10.1. The van der Waals surface area contributed by atoms with Gasteiger partial charge in [-0.15, -0.1) is 0 Å². The fraction of sp³-hybridized carbons (Fsp3) is 0.579. The Morgan fingerprint density at radius 2 is 2.00 bits per heavy atom. The number of benzene rings is 1. The van der Waals surface area contributed by atoms with Crippen LogP contribution in [-0.4, -0.2) is 35.8 Å². The monoisotopic (exact) mass is 346 g/mol. The van der Waals surface area contributed by atoms with Crippen LogP contribution in [0.2, 0.25) is 0 Å². The van der Waals surface area contributed by atoms with Crippen LogP contribution in [-0.2, 0) is 16.1 Å². The number of hydrogen-bond donors (Lipinski definition) is 3. The van der Waals surface area contributed by atoms with Crippen LogP contribution in [0.1, 0.15) is 50.5 Å². The second-order valence-electron chi connectivity index (χ2n) is 6.73. The maximum absolute atomic E-state index is 12.0. The molecule has 1 aliphatic heterocycles. The number of likely N-dealkylation sites (tertiary alicyclic amines) is 1. The molecule has 1 aliphatic rings. The van der Waals surface area contributed by atoms with Gasteiger partial charge in [0.1, 0.15) is 0 Å². The van der Waals surface area contributed by atoms with Crippen molar-refractivity contribution in [3.63, 3.8) is 0 Å². The fourth-order valence-corrected chi connectivity index (χ4v) is 3.33. The van der Waals surface area contributed by atoms with Gasteiger partial charge in [0.15, 0.2) is 0 Å². The minimum absolute atomic E-state index is 0.0427. The largest absolute Gasteiger partial charge is 0.368 e. The summed E-state index contributed by atoms with van der Waals surface area (Å²) < 4.78 is 0. The summed E-state index contributed by atoms with van der Waals surface area (Å²) in [6.07, 6.45) is 6.38. The minimum atomic E-state index is -0.253. The lowest BCUT2D eigenvalue weighted by Gasteiger charge is -2.22. The van der Waals surface area contributed by atoms with E-state index >= 15 is 0 Å². The number of carbonyl (C=O) groups excluding carboxylic acids is 2. The zero-order valence-corrected chi connectivity index (χ0v) is 14.9. The van der Waals surface area contributed by atoms with E-state index in [1.54, 1.807) is 0 Å². The molecule has 0 aromatic heterocycles. The third-order valence-electron chi connectivity index (χ3n) is 4.65. The number of unbranched alkanes of at least 4 members (excludes halogenated alkanes) is 3. The highest BCUT2D eigenvalue weighted by molar-refractivity contribution is 5.90. The predicted molar refractivity (Wildman–Crippen MR) is 99.8 cm³/mol. The summed E-state index contributed by atoms with van der Waals surface area (Å²) in [5.74, 6) is -0.210. The molecular weight excluding hydrogens is 316 g/mol. The summed E-state index contributed by atoms with van der Waals surface area (Å²) in [5, 5.41) is 2.96. The van der Waals surface area contributed by atoms with E-state index in [-0.39, 0.29) is 17.9 Å². The molecule has 2 amide bonds. The molecule has 0 radical (unpaired) electrons. The van der Waals surface area contributed by atoms with Crippen molar-refractivity contribution in [2.45, 2.75) is 57.5 Å². The van der Waals surface area contributed by atoms with Gasteiger partial charge in [0.05, 0.1) is 6.04 Å². The summed E-state index contributed by atoms with van der Waals surface area (Å²) in [4.78, 5) is 25.6. The fourth-order valence-electron chi connectivity index (χ4n) is 3.33. The third-order valence-corrected chi connectivity index (χ3v) is 4.65. The van der Waals surface area contributed by atoms with Gasteiger partial charge in [-0.05, 0) is 56.5 Å². The molecule has 5 N–H and O–H groups in total. The van der Waals surface area contributed by atoms with Gasteiger partial charge in [-0.2, -0.15) is 0 Å². The summed E-state index contributed by atoms with van der Waals surface area (Å²) >= 11 is 0. The number of nitrogens with two attached hydrogens (primary N) is 2. The summed E-state index contributed by atoms with van der Waals surface area (Å²) in [6, 6.07) is 7.64. The molecule has 6 heteroatoms. The molecule has 6 nitrogen and oxygen atoms in total. The highest BCUT2D eigenvalue weighted by Crippen LogP contribution is 2.21. The Bertz CT molecular complexity index is 576. The van der Waals surface area contributed by atoms with E-state index in [0.29, 0.717) is 19.5 Å². The average Bonchev–Trinajstić information content (AvgIpc) is 3.03. The van der Waals surface area contributed by atoms with Crippen LogP contribution in [0.5, 0.6) is 0 Å². The van der Waals surface area contributed by atoms with Gasteiger partial charge in [0.25, 0.3) is 0 Å². The van der Waals surface area contributed by atoms with E-state index in [0.717, 1.165) is 56.3 Å². The van der Waals surface area contributed by atoms with Gasteiger partial charge < -0.3 is 16.8 Å². The van der Waals surface area contributed by atoms with Crippen LogP contribution < -0.4 is 16.8 Å². The zero-order chi connectivity index (χ0) is 18.1. The van der Waals surface area contributed by atoms with E-state index in [1.807, 2.05) is 24.3 Å². The molecule has 0 spiro atoms. The smallest absolute Gasteiger partial charge is 0.234 e. The van der Waals surface area contributed by atoms with Crippen LogP contribution >= 0.6 is 0 Å². The molecule has 1 atom stereocenters. The number of hydrogen-bond acceptors (Lipinski definition) is 4. The highest BCUT2D eigenvalue weighted by Gasteiger charge is 2.28. The quantitative estimate of drug-likeness (QED) is 0.564. The Balaban J connectivity index is 1.82. The highest BCUT2D eigenvalue weighted by atomic mass is 16.2. The number of anilines is 1. The third kappa shape index (κ3) is 6.48. The molecule has 2 rings (SSSR count). The summed E-state index contributed by atoms with van der Waals surface area (Å²) in [6.45, 7) is 2.27. The van der Waals surface area contributed by atoms with Crippen molar-refractivity contribution < 1.29 is 9.59 Å². The minimum Gasteiger partial charge on any atom is -0.368 e. The van der Waals surface area contributed by atoms with Crippen molar-refractivity contribution in [2.24, 2.45) is 11.5 Å². The number of carbonyl (C=O) groups is 2. The van der Waals surface area contributed by atoms with Crippen molar-refractivity contribution in [3.8, 4) is 0 Å². The number of rotatable bonds is 10. The molecule has 1 fully saturated rings. The second kappa shape index (κ2) is 10.2. The maximum Gasteiger partial charge on any atom is 0.234 e. The van der Waals surface area contributed by atoms with Crippen LogP contribution in [0.15, 0.2) is 24.3 Å². The Morgan fingerprint density at radius 1 is 1.20 bits per heavy atom. The normalized spacial score (nSPS) is 17.6. The van der Waals surface area contributed by atoms with E-state index in [9.17, 15) is 9.59 Å². The molecule has 1 aromatic rings. The number of nitrogens with zero attached hydrogens (tertiary/aromatic N) is 1. The molecule has 1 heterocycles. The van der Waals surface area contributed by atoms with E-state index in [2.05, 4.69) is 10.2 Å². The molecule has 1 unspecified atom stereocenters. The molecule has 1 aromatic carbocycles. The first-order valence-electron chi connectivity index (χ1n) is 9.22. The van der Waals surface area contributed by atoms with Crippen molar-refractivity contribution >= 4 is 17.5 Å². The Hall–Kier alpha value is -1.92. The van der Waals surface area contributed by atoms with Gasteiger partial charge in [-0.3, -0.25) is 14.5 Å². The number of nitrogens with one attached hydrogen (secondary N) is 1. The molecule has 0 aliphatic carbocycles. The SMILES string of the molecule is NCCCCCCC(=O)Nc1cccc(CN2CCCC2C(N)=O)c1. The molecule has 1 saturated heterocycles. The van der Waals surface area contributed by atoms with Crippen LogP contribution in [0, 0.1) is 0 Å². The predicted octanol–water partition coefficient (Wildman–Crippen LogP) is 1.98. The molecule has 0 bridgehead atoms. The number of primary amides is 1. The van der Waals surface area contributed by atoms with Crippen LogP contribution in [0.3, 0.4) is 0 Å². The van der Waals surface area contributed by atoms with Gasteiger partial charge in [-0.25, -0.2) is 0 Å². The van der Waals surface area contributed by atoms with Crippen LogP contribution in [0.4, 0.5) is 5.69 Å². The lowest BCUT2D eigenvalue weighted by molar-refractivity contribution is -0.122. The van der Waals surface area contributed by atoms with Gasteiger partial charge >= 0.3 is 0 Å². The topological polar surface area (TPSA) is 101 Å².